The van der Waals surface area contributed by atoms with Gasteiger partial charge in [-0.2, -0.15) is 0 Å². The fourth-order valence-electron chi connectivity index (χ4n) is 4.93. The highest BCUT2D eigenvalue weighted by atomic mass is 16.5. The molecule has 2 fully saturated rings. The SMILES string of the molecule is CCOc1ccc(CC(=O)N2CC(c3nnc(-c4ccncc4)o3)C3(CCOCC3)C2)cc1. The van der Waals surface area contributed by atoms with E-state index in [4.69, 9.17) is 13.9 Å². The van der Waals surface area contributed by atoms with Gasteiger partial charge in [0.15, 0.2) is 0 Å². The molecular formula is C25H28N4O4. The highest BCUT2D eigenvalue weighted by Gasteiger charge is 2.51. The quantitative estimate of drug-likeness (QED) is 0.570. The summed E-state index contributed by atoms with van der Waals surface area (Å²) in [6.07, 6.45) is 5.51. The van der Waals surface area contributed by atoms with E-state index in [-0.39, 0.29) is 17.2 Å². The van der Waals surface area contributed by atoms with Crippen molar-refractivity contribution in [3.05, 3.63) is 60.2 Å². The highest BCUT2D eigenvalue weighted by Crippen LogP contribution is 2.49. The lowest BCUT2D eigenvalue weighted by Crippen LogP contribution is -2.37. The summed E-state index contributed by atoms with van der Waals surface area (Å²) in [7, 11) is 0. The van der Waals surface area contributed by atoms with Crippen LogP contribution >= 0.6 is 0 Å². The third-order valence-corrected chi connectivity index (χ3v) is 6.74. The van der Waals surface area contributed by atoms with Crippen molar-refractivity contribution in [1.29, 1.82) is 0 Å². The summed E-state index contributed by atoms with van der Waals surface area (Å²) in [4.78, 5) is 19.3. The monoisotopic (exact) mass is 448 g/mol. The molecule has 8 heteroatoms. The molecule has 4 heterocycles. The number of ether oxygens (including phenoxy) is 2. The number of pyridine rings is 1. The second-order valence-electron chi connectivity index (χ2n) is 8.74. The fraction of sp³-hybridized carbons (Fsp3) is 0.440. The Morgan fingerprint density at radius 1 is 1.12 bits per heavy atom. The molecule has 172 valence electrons. The zero-order valence-electron chi connectivity index (χ0n) is 18.8. The molecule has 2 aromatic heterocycles. The van der Waals surface area contributed by atoms with Crippen molar-refractivity contribution in [3.8, 4) is 17.2 Å². The largest absolute Gasteiger partial charge is 0.494 e. The zero-order chi connectivity index (χ0) is 22.7. The molecule has 1 atom stereocenters. The maximum Gasteiger partial charge on any atom is 0.247 e. The molecule has 8 nitrogen and oxygen atoms in total. The highest BCUT2D eigenvalue weighted by molar-refractivity contribution is 5.79. The molecule has 5 rings (SSSR count). The standard InChI is InChI=1S/C25H28N4O4/c1-2-32-20-5-3-18(4-6-20)15-22(30)29-16-21(25(17-29)9-13-31-14-10-25)24-28-27-23(33-24)19-7-11-26-12-8-19/h3-8,11-12,21H,2,9-10,13-17H2,1H3. The van der Waals surface area contributed by atoms with Gasteiger partial charge in [-0.15, -0.1) is 10.2 Å². The van der Waals surface area contributed by atoms with Crippen molar-refractivity contribution in [1.82, 2.24) is 20.1 Å². The van der Waals surface area contributed by atoms with Gasteiger partial charge in [-0.1, -0.05) is 12.1 Å². The first-order chi connectivity index (χ1) is 16.2. The maximum atomic E-state index is 13.2. The number of benzene rings is 1. The van der Waals surface area contributed by atoms with Crippen LogP contribution in [0.15, 0.2) is 53.2 Å². The molecule has 1 unspecified atom stereocenters. The molecule has 2 aliphatic rings. The molecular weight excluding hydrogens is 420 g/mol. The first kappa shape index (κ1) is 21.6. The van der Waals surface area contributed by atoms with E-state index >= 15 is 0 Å². The Balaban J connectivity index is 1.35. The van der Waals surface area contributed by atoms with E-state index in [0.29, 0.717) is 51.1 Å². The van der Waals surface area contributed by atoms with Crippen LogP contribution in [0.3, 0.4) is 0 Å². The Morgan fingerprint density at radius 2 is 1.88 bits per heavy atom. The predicted molar refractivity (Wildman–Crippen MR) is 121 cm³/mol. The van der Waals surface area contributed by atoms with E-state index in [2.05, 4.69) is 15.2 Å². The van der Waals surface area contributed by atoms with Gasteiger partial charge in [-0.05, 0) is 49.6 Å². The molecule has 0 N–H and O–H groups in total. The lowest BCUT2D eigenvalue weighted by atomic mass is 9.72. The summed E-state index contributed by atoms with van der Waals surface area (Å²) in [6, 6.07) is 11.4. The van der Waals surface area contributed by atoms with Crippen molar-refractivity contribution in [2.45, 2.75) is 32.1 Å². The lowest BCUT2D eigenvalue weighted by Gasteiger charge is -2.36. The van der Waals surface area contributed by atoms with Crippen molar-refractivity contribution in [3.63, 3.8) is 0 Å². The van der Waals surface area contributed by atoms with Crippen LogP contribution in [0.1, 0.15) is 37.1 Å². The topological polar surface area (TPSA) is 90.6 Å². The first-order valence-electron chi connectivity index (χ1n) is 11.5. The van der Waals surface area contributed by atoms with Crippen LogP contribution in [0, 0.1) is 5.41 Å². The molecule has 0 aliphatic carbocycles. The predicted octanol–water partition coefficient (Wildman–Crippen LogP) is 3.50. The summed E-state index contributed by atoms with van der Waals surface area (Å²) in [5.41, 5.74) is 1.71. The molecule has 1 amide bonds. The van der Waals surface area contributed by atoms with Crippen LogP contribution < -0.4 is 4.74 Å². The minimum Gasteiger partial charge on any atom is -0.494 e. The van der Waals surface area contributed by atoms with Crippen molar-refractivity contribution in [2.75, 3.05) is 32.9 Å². The number of carbonyl (C=O) groups excluding carboxylic acids is 1. The molecule has 2 saturated heterocycles. The average molecular weight is 449 g/mol. The molecule has 0 saturated carbocycles. The van der Waals surface area contributed by atoms with Gasteiger partial charge in [0.25, 0.3) is 0 Å². The van der Waals surface area contributed by atoms with Crippen LogP contribution in [0.5, 0.6) is 5.75 Å². The van der Waals surface area contributed by atoms with Crippen LogP contribution in [-0.2, 0) is 16.0 Å². The van der Waals surface area contributed by atoms with Crippen molar-refractivity contribution < 1.29 is 18.7 Å². The van der Waals surface area contributed by atoms with Gasteiger partial charge in [-0.3, -0.25) is 9.78 Å². The summed E-state index contributed by atoms with van der Waals surface area (Å²) in [5.74, 6) is 2.00. The summed E-state index contributed by atoms with van der Waals surface area (Å²) in [5, 5.41) is 8.68. The van der Waals surface area contributed by atoms with Crippen LogP contribution in [0.25, 0.3) is 11.5 Å². The number of hydrogen-bond acceptors (Lipinski definition) is 7. The number of aromatic nitrogens is 3. The third kappa shape index (κ3) is 4.48. The minimum atomic E-state index is -0.102. The smallest absolute Gasteiger partial charge is 0.247 e. The minimum absolute atomic E-state index is 0.00577. The van der Waals surface area contributed by atoms with Gasteiger partial charge in [0, 0.05) is 49.7 Å². The number of nitrogens with zero attached hydrogens (tertiary/aromatic N) is 4. The van der Waals surface area contributed by atoms with Crippen LogP contribution in [0.2, 0.25) is 0 Å². The van der Waals surface area contributed by atoms with E-state index < -0.39 is 0 Å². The third-order valence-electron chi connectivity index (χ3n) is 6.74. The lowest BCUT2D eigenvalue weighted by molar-refractivity contribution is -0.130. The Kier molecular flexibility index (Phi) is 6.09. The molecule has 33 heavy (non-hydrogen) atoms. The van der Waals surface area contributed by atoms with E-state index in [0.717, 1.165) is 29.7 Å². The average Bonchev–Trinajstić information content (AvgIpc) is 3.47. The molecule has 2 aliphatic heterocycles. The van der Waals surface area contributed by atoms with E-state index in [9.17, 15) is 4.79 Å². The van der Waals surface area contributed by atoms with E-state index in [1.165, 1.54) is 0 Å². The summed E-state index contributed by atoms with van der Waals surface area (Å²) < 4.78 is 17.3. The molecule has 3 aromatic rings. The second kappa shape index (κ2) is 9.31. The maximum absolute atomic E-state index is 13.2. The Bertz CT molecular complexity index is 1080. The van der Waals surface area contributed by atoms with Gasteiger partial charge in [0.05, 0.1) is 18.9 Å². The number of carbonyl (C=O) groups is 1. The molecule has 1 aromatic carbocycles. The molecule has 0 bridgehead atoms. The molecule has 1 spiro atoms. The number of amides is 1. The molecule has 0 radical (unpaired) electrons. The van der Waals surface area contributed by atoms with Crippen LogP contribution in [-0.4, -0.2) is 58.9 Å². The Morgan fingerprint density at radius 3 is 2.61 bits per heavy atom. The summed E-state index contributed by atoms with van der Waals surface area (Å²) in [6.45, 7) is 5.21. The zero-order valence-corrected chi connectivity index (χ0v) is 18.8. The van der Waals surface area contributed by atoms with Crippen LogP contribution in [0.4, 0.5) is 0 Å². The van der Waals surface area contributed by atoms with Gasteiger partial charge < -0.3 is 18.8 Å². The number of hydrogen-bond donors (Lipinski definition) is 0. The van der Waals surface area contributed by atoms with Gasteiger partial charge in [0.2, 0.25) is 17.7 Å². The van der Waals surface area contributed by atoms with E-state index in [1.54, 1.807) is 12.4 Å². The number of rotatable bonds is 6. The van der Waals surface area contributed by atoms with Gasteiger partial charge in [0.1, 0.15) is 5.75 Å². The van der Waals surface area contributed by atoms with E-state index in [1.807, 2.05) is 48.2 Å². The fourth-order valence-corrected chi connectivity index (χ4v) is 4.93. The first-order valence-corrected chi connectivity index (χ1v) is 11.5. The van der Waals surface area contributed by atoms with Crippen molar-refractivity contribution in [2.24, 2.45) is 5.41 Å². The number of likely N-dealkylation sites (tertiary alicyclic amines) is 1. The van der Waals surface area contributed by atoms with Gasteiger partial charge >= 0.3 is 0 Å². The summed E-state index contributed by atoms with van der Waals surface area (Å²) >= 11 is 0. The Labute approximate surface area is 192 Å². The Hall–Kier alpha value is -3.26. The second-order valence-corrected chi connectivity index (χ2v) is 8.74. The van der Waals surface area contributed by atoms with Crippen molar-refractivity contribution >= 4 is 5.91 Å². The van der Waals surface area contributed by atoms with Gasteiger partial charge in [-0.25, -0.2) is 0 Å². The normalized spacial score (nSPS) is 19.7.